The molecule has 0 amide bonds. The predicted molar refractivity (Wildman–Crippen MR) is 104 cm³/mol. The van der Waals surface area contributed by atoms with E-state index in [0.717, 1.165) is 5.56 Å². The van der Waals surface area contributed by atoms with Crippen molar-refractivity contribution < 1.29 is 13.9 Å². The highest BCUT2D eigenvalue weighted by Gasteiger charge is 2.17. The minimum absolute atomic E-state index is 0.0599. The number of carbonyl (C=O) groups excluding carboxylic acids is 1. The highest BCUT2D eigenvalue weighted by molar-refractivity contribution is 7.98. The van der Waals surface area contributed by atoms with Crippen LogP contribution < -0.4 is 4.74 Å². The van der Waals surface area contributed by atoms with E-state index in [1.54, 1.807) is 43.3 Å². The SMILES string of the molecule is Cc1cc(OC(=O)c2nc(SCc3ccccc3F)ncc2Cl)ccc1Cl. The monoisotopic (exact) mass is 422 g/mol. The van der Waals surface area contributed by atoms with Crippen LogP contribution in [0.1, 0.15) is 21.6 Å². The molecular weight excluding hydrogens is 410 g/mol. The van der Waals surface area contributed by atoms with Crippen molar-refractivity contribution in [2.24, 2.45) is 0 Å². The summed E-state index contributed by atoms with van der Waals surface area (Å²) in [6.07, 6.45) is 1.32. The van der Waals surface area contributed by atoms with Gasteiger partial charge in [0, 0.05) is 10.8 Å². The average molecular weight is 423 g/mol. The zero-order valence-corrected chi connectivity index (χ0v) is 16.4. The van der Waals surface area contributed by atoms with Crippen molar-refractivity contribution in [1.82, 2.24) is 9.97 Å². The highest BCUT2D eigenvalue weighted by atomic mass is 35.5. The van der Waals surface area contributed by atoms with Gasteiger partial charge in [-0.25, -0.2) is 19.2 Å². The fraction of sp³-hybridized carbons (Fsp3) is 0.105. The summed E-state index contributed by atoms with van der Waals surface area (Å²) in [6.45, 7) is 1.80. The van der Waals surface area contributed by atoms with E-state index >= 15 is 0 Å². The summed E-state index contributed by atoms with van der Waals surface area (Å²) in [5.41, 5.74) is 1.23. The fourth-order valence-corrected chi connectivity index (χ4v) is 3.24. The maximum atomic E-state index is 13.7. The van der Waals surface area contributed by atoms with Crippen LogP contribution in [0.4, 0.5) is 4.39 Å². The van der Waals surface area contributed by atoms with Crippen LogP contribution in [-0.4, -0.2) is 15.9 Å². The summed E-state index contributed by atoms with van der Waals surface area (Å²) in [7, 11) is 0. The Labute approximate surface area is 169 Å². The molecule has 27 heavy (non-hydrogen) atoms. The highest BCUT2D eigenvalue weighted by Crippen LogP contribution is 2.25. The van der Waals surface area contributed by atoms with Crippen molar-refractivity contribution in [2.45, 2.75) is 17.8 Å². The Kier molecular flexibility index (Phi) is 6.31. The van der Waals surface area contributed by atoms with E-state index in [9.17, 15) is 9.18 Å². The van der Waals surface area contributed by atoms with Crippen LogP contribution in [0.5, 0.6) is 5.75 Å². The van der Waals surface area contributed by atoms with Gasteiger partial charge in [-0.3, -0.25) is 0 Å². The standard InChI is InChI=1S/C19H13Cl2FN2O2S/c1-11-8-13(6-7-14(11)20)26-18(25)17-15(21)9-23-19(24-17)27-10-12-4-2-3-5-16(12)22/h2-9H,10H2,1H3. The Morgan fingerprint density at radius 1 is 1.19 bits per heavy atom. The van der Waals surface area contributed by atoms with Gasteiger partial charge < -0.3 is 4.74 Å². The lowest BCUT2D eigenvalue weighted by Gasteiger charge is -2.08. The minimum atomic E-state index is -0.711. The van der Waals surface area contributed by atoms with Crippen molar-refractivity contribution in [2.75, 3.05) is 0 Å². The number of rotatable bonds is 5. The number of halogens is 3. The molecule has 2 aromatic carbocycles. The quantitative estimate of drug-likeness (QED) is 0.227. The van der Waals surface area contributed by atoms with Gasteiger partial charge >= 0.3 is 5.97 Å². The van der Waals surface area contributed by atoms with Crippen LogP contribution in [-0.2, 0) is 5.75 Å². The smallest absolute Gasteiger partial charge is 0.364 e. The molecule has 0 aliphatic rings. The number of hydrogen-bond donors (Lipinski definition) is 0. The zero-order chi connectivity index (χ0) is 19.4. The van der Waals surface area contributed by atoms with E-state index in [2.05, 4.69) is 9.97 Å². The lowest BCUT2D eigenvalue weighted by molar-refractivity contribution is 0.0727. The second-order valence-electron chi connectivity index (χ2n) is 5.53. The first-order valence-corrected chi connectivity index (χ1v) is 9.55. The van der Waals surface area contributed by atoms with E-state index in [0.29, 0.717) is 27.2 Å². The summed E-state index contributed by atoms with van der Waals surface area (Å²) < 4.78 is 19.0. The second kappa shape index (κ2) is 8.69. The number of benzene rings is 2. The number of nitrogens with zero attached hydrogens (tertiary/aromatic N) is 2. The summed E-state index contributed by atoms with van der Waals surface area (Å²) >= 11 is 13.2. The molecule has 0 spiro atoms. The zero-order valence-electron chi connectivity index (χ0n) is 14.1. The Balaban J connectivity index is 1.75. The number of carbonyl (C=O) groups is 1. The first-order valence-electron chi connectivity index (χ1n) is 7.81. The molecule has 0 radical (unpaired) electrons. The molecule has 0 atom stereocenters. The number of hydrogen-bond acceptors (Lipinski definition) is 5. The molecule has 0 saturated heterocycles. The summed E-state index contributed by atoms with van der Waals surface area (Å²) in [5, 5.41) is 0.935. The fourth-order valence-electron chi connectivity index (χ4n) is 2.16. The largest absolute Gasteiger partial charge is 0.422 e. The average Bonchev–Trinajstić information content (AvgIpc) is 2.65. The maximum absolute atomic E-state index is 13.7. The molecule has 0 fully saturated rings. The van der Waals surface area contributed by atoms with Gasteiger partial charge in [-0.2, -0.15) is 0 Å². The number of thioether (sulfide) groups is 1. The molecule has 0 N–H and O–H groups in total. The van der Waals surface area contributed by atoms with E-state index in [1.165, 1.54) is 24.0 Å². The molecule has 8 heteroatoms. The van der Waals surface area contributed by atoms with E-state index in [-0.39, 0.29) is 16.5 Å². The van der Waals surface area contributed by atoms with Crippen LogP contribution in [0.15, 0.2) is 53.8 Å². The Bertz CT molecular complexity index is 1000. The molecule has 3 aromatic rings. The number of aryl methyl sites for hydroxylation is 1. The van der Waals surface area contributed by atoms with Gasteiger partial charge in [-0.1, -0.05) is 53.2 Å². The first kappa shape index (κ1) is 19.6. The molecule has 3 rings (SSSR count). The van der Waals surface area contributed by atoms with Crippen LogP contribution >= 0.6 is 35.0 Å². The summed E-state index contributed by atoms with van der Waals surface area (Å²) in [5.74, 6) is -0.371. The van der Waals surface area contributed by atoms with Crippen LogP contribution in [0.25, 0.3) is 0 Å². The first-order chi connectivity index (χ1) is 12.9. The van der Waals surface area contributed by atoms with Crippen molar-refractivity contribution >= 4 is 40.9 Å². The predicted octanol–water partition coefficient (Wildman–Crippen LogP) is 5.74. The van der Waals surface area contributed by atoms with Crippen LogP contribution in [0.2, 0.25) is 10.0 Å². The van der Waals surface area contributed by atoms with Crippen LogP contribution in [0, 0.1) is 12.7 Å². The Hall–Kier alpha value is -2.15. The second-order valence-corrected chi connectivity index (χ2v) is 7.29. The topological polar surface area (TPSA) is 52.1 Å². The van der Waals surface area contributed by atoms with E-state index in [4.69, 9.17) is 27.9 Å². The van der Waals surface area contributed by atoms with Crippen molar-refractivity contribution in [3.8, 4) is 5.75 Å². The molecule has 4 nitrogen and oxygen atoms in total. The van der Waals surface area contributed by atoms with Crippen molar-refractivity contribution in [3.05, 3.63) is 81.3 Å². The normalized spacial score (nSPS) is 10.7. The van der Waals surface area contributed by atoms with Crippen LogP contribution in [0.3, 0.4) is 0 Å². The third kappa shape index (κ3) is 4.97. The number of aromatic nitrogens is 2. The third-order valence-corrected chi connectivity index (χ3v) is 5.18. The molecule has 0 aliphatic carbocycles. The molecular formula is C19H13Cl2FN2O2S. The summed E-state index contributed by atoms with van der Waals surface area (Å²) in [6, 6.07) is 11.3. The molecule has 1 aromatic heterocycles. The molecule has 0 bridgehead atoms. The Morgan fingerprint density at radius 3 is 2.70 bits per heavy atom. The van der Waals surface area contributed by atoms with Gasteiger partial charge in [-0.05, 0) is 42.3 Å². The molecule has 0 saturated carbocycles. The van der Waals surface area contributed by atoms with Gasteiger partial charge in [-0.15, -0.1) is 0 Å². The molecule has 0 unspecified atom stereocenters. The lowest BCUT2D eigenvalue weighted by atomic mass is 10.2. The number of ether oxygens (including phenoxy) is 1. The lowest BCUT2D eigenvalue weighted by Crippen LogP contribution is -2.12. The third-order valence-electron chi connectivity index (χ3n) is 3.57. The van der Waals surface area contributed by atoms with Crippen molar-refractivity contribution in [1.29, 1.82) is 0 Å². The van der Waals surface area contributed by atoms with Crippen molar-refractivity contribution in [3.63, 3.8) is 0 Å². The van der Waals surface area contributed by atoms with E-state index < -0.39 is 5.97 Å². The maximum Gasteiger partial charge on any atom is 0.364 e. The molecule has 138 valence electrons. The Morgan fingerprint density at radius 2 is 1.96 bits per heavy atom. The minimum Gasteiger partial charge on any atom is -0.422 e. The van der Waals surface area contributed by atoms with Gasteiger partial charge in [0.15, 0.2) is 10.9 Å². The van der Waals surface area contributed by atoms with Gasteiger partial charge in [0.1, 0.15) is 11.6 Å². The number of esters is 1. The molecule has 1 heterocycles. The van der Waals surface area contributed by atoms with Gasteiger partial charge in [0.25, 0.3) is 0 Å². The molecule has 0 aliphatic heterocycles. The van der Waals surface area contributed by atoms with Gasteiger partial charge in [0.2, 0.25) is 0 Å². The van der Waals surface area contributed by atoms with Gasteiger partial charge in [0.05, 0.1) is 11.2 Å². The van der Waals surface area contributed by atoms with E-state index in [1.807, 2.05) is 0 Å². The summed E-state index contributed by atoms with van der Waals surface area (Å²) in [4.78, 5) is 20.6.